The van der Waals surface area contributed by atoms with Crippen molar-refractivity contribution >= 4 is 25.8 Å². The van der Waals surface area contributed by atoms with E-state index in [4.69, 9.17) is 17.3 Å². The molecule has 0 aromatic heterocycles. The average Bonchev–Trinajstić information content (AvgIpc) is 2.03. The minimum absolute atomic E-state index is 0.0363. The summed E-state index contributed by atoms with van der Waals surface area (Å²) in [4.78, 5) is 0.0363. The predicted molar refractivity (Wildman–Crippen MR) is 48.2 cm³/mol. The summed E-state index contributed by atoms with van der Waals surface area (Å²) in [6.07, 6.45) is 1.20. The zero-order valence-electron chi connectivity index (χ0n) is 6.07. The minimum Gasteiger partial charge on any atom is -0.207 e. The first-order chi connectivity index (χ1) is 5.55. The molecule has 0 amide bonds. The van der Waals surface area contributed by atoms with E-state index in [1.54, 1.807) is 18.2 Å². The Morgan fingerprint density at radius 2 is 1.92 bits per heavy atom. The van der Waals surface area contributed by atoms with Crippen LogP contribution in [0.1, 0.15) is 5.56 Å². The third-order valence-corrected chi connectivity index (χ3v) is 2.76. The molecule has 1 aromatic carbocycles. The molecule has 63 valence electrons. The van der Waals surface area contributed by atoms with Gasteiger partial charge in [-0.05, 0) is 11.6 Å². The second kappa shape index (κ2) is 3.29. The number of hydrogen-bond donors (Lipinski definition) is 0. The third kappa shape index (κ3) is 1.87. The van der Waals surface area contributed by atoms with Crippen LogP contribution in [-0.2, 0) is 9.05 Å². The molecule has 1 radical (unpaired) electrons. The Balaban J connectivity index is 3.43. The highest BCUT2D eigenvalue weighted by atomic mass is 35.7. The van der Waals surface area contributed by atoms with Crippen molar-refractivity contribution in [1.82, 2.24) is 0 Å². The first kappa shape index (κ1) is 9.29. The van der Waals surface area contributed by atoms with Gasteiger partial charge < -0.3 is 0 Å². The Morgan fingerprint density at radius 3 is 2.33 bits per heavy atom. The summed E-state index contributed by atoms with van der Waals surface area (Å²) in [5, 5.41) is 0. The molecule has 0 aliphatic rings. The SMILES string of the molecule is [CH]=Cc1ccccc1S(=O)(=O)Cl. The summed E-state index contributed by atoms with van der Waals surface area (Å²) < 4.78 is 21.8. The van der Waals surface area contributed by atoms with E-state index >= 15 is 0 Å². The van der Waals surface area contributed by atoms with Crippen LogP contribution >= 0.6 is 10.7 Å². The second-order valence-corrected chi connectivity index (χ2v) is 4.68. The lowest BCUT2D eigenvalue weighted by Gasteiger charge is -1.99. The molecular weight excluding hydrogens is 196 g/mol. The number of benzene rings is 1. The van der Waals surface area contributed by atoms with Gasteiger partial charge in [-0.2, -0.15) is 0 Å². The van der Waals surface area contributed by atoms with Crippen molar-refractivity contribution in [3.8, 4) is 0 Å². The highest BCUT2D eigenvalue weighted by Crippen LogP contribution is 2.19. The van der Waals surface area contributed by atoms with E-state index in [0.717, 1.165) is 0 Å². The summed E-state index contributed by atoms with van der Waals surface area (Å²) in [5.74, 6) is 0. The van der Waals surface area contributed by atoms with Gasteiger partial charge in [0.25, 0.3) is 9.05 Å². The van der Waals surface area contributed by atoms with Gasteiger partial charge in [0.2, 0.25) is 0 Å². The van der Waals surface area contributed by atoms with E-state index in [2.05, 4.69) is 0 Å². The van der Waals surface area contributed by atoms with Crippen molar-refractivity contribution in [3.63, 3.8) is 0 Å². The molecule has 0 atom stereocenters. The lowest BCUT2D eigenvalue weighted by molar-refractivity contribution is 0.609. The molecule has 0 heterocycles. The monoisotopic (exact) mass is 201 g/mol. The van der Waals surface area contributed by atoms with Crippen molar-refractivity contribution in [2.24, 2.45) is 0 Å². The molecule has 0 N–H and O–H groups in total. The fourth-order valence-electron chi connectivity index (χ4n) is 0.840. The predicted octanol–water partition coefficient (Wildman–Crippen LogP) is 2.06. The topological polar surface area (TPSA) is 34.1 Å². The quantitative estimate of drug-likeness (QED) is 0.687. The van der Waals surface area contributed by atoms with Crippen molar-refractivity contribution in [2.45, 2.75) is 4.90 Å². The number of hydrogen-bond acceptors (Lipinski definition) is 2. The van der Waals surface area contributed by atoms with Crippen LogP contribution in [0, 0.1) is 6.58 Å². The molecule has 0 saturated heterocycles. The van der Waals surface area contributed by atoms with Crippen molar-refractivity contribution in [3.05, 3.63) is 36.4 Å². The minimum atomic E-state index is -3.68. The van der Waals surface area contributed by atoms with Crippen molar-refractivity contribution in [2.75, 3.05) is 0 Å². The molecule has 0 bridgehead atoms. The summed E-state index contributed by atoms with van der Waals surface area (Å²) >= 11 is 0. The molecule has 0 unspecified atom stereocenters. The van der Waals surface area contributed by atoms with Gasteiger partial charge in [-0.15, -0.1) is 0 Å². The Morgan fingerprint density at radius 1 is 1.33 bits per heavy atom. The Hall–Kier alpha value is -0.800. The van der Waals surface area contributed by atoms with Crippen LogP contribution in [0.15, 0.2) is 29.2 Å². The second-order valence-electron chi connectivity index (χ2n) is 2.14. The fourth-order valence-corrected chi connectivity index (χ4v) is 1.92. The highest BCUT2D eigenvalue weighted by molar-refractivity contribution is 8.13. The first-order valence-electron chi connectivity index (χ1n) is 3.14. The molecule has 4 heteroatoms. The molecule has 0 fully saturated rings. The van der Waals surface area contributed by atoms with E-state index in [-0.39, 0.29) is 4.90 Å². The van der Waals surface area contributed by atoms with E-state index in [1.165, 1.54) is 12.1 Å². The van der Waals surface area contributed by atoms with Gasteiger partial charge in [0, 0.05) is 10.7 Å². The average molecular weight is 202 g/mol. The van der Waals surface area contributed by atoms with Gasteiger partial charge in [0.1, 0.15) is 0 Å². The van der Waals surface area contributed by atoms with Gasteiger partial charge in [0.15, 0.2) is 0 Å². The molecule has 0 saturated carbocycles. The molecule has 0 aliphatic carbocycles. The van der Waals surface area contributed by atoms with Crippen LogP contribution in [0.4, 0.5) is 0 Å². The normalized spacial score (nSPS) is 11.1. The standard InChI is InChI=1S/C8H6ClO2S/c1-2-7-5-3-4-6-8(7)12(9,10)11/h1-6H. The van der Waals surface area contributed by atoms with Gasteiger partial charge in [-0.1, -0.05) is 30.9 Å². The van der Waals surface area contributed by atoms with Crippen molar-refractivity contribution < 1.29 is 8.42 Å². The van der Waals surface area contributed by atoms with Crippen LogP contribution in [0.5, 0.6) is 0 Å². The van der Waals surface area contributed by atoms with Crippen molar-refractivity contribution in [1.29, 1.82) is 0 Å². The first-order valence-corrected chi connectivity index (χ1v) is 5.45. The summed E-state index contributed by atoms with van der Waals surface area (Å²) in [5.41, 5.74) is 0.410. The Bertz CT molecular complexity index is 395. The van der Waals surface area contributed by atoms with Crippen LogP contribution in [0.2, 0.25) is 0 Å². The lowest BCUT2D eigenvalue weighted by atomic mass is 10.2. The lowest BCUT2D eigenvalue weighted by Crippen LogP contribution is -1.92. The summed E-state index contributed by atoms with van der Waals surface area (Å²) in [7, 11) is 1.45. The van der Waals surface area contributed by atoms with E-state index in [0.29, 0.717) is 5.56 Å². The zero-order chi connectivity index (χ0) is 9.19. The molecule has 1 aromatic rings. The molecule has 2 nitrogen and oxygen atoms in total. The maximum atomic E-state index is 10.9. The van der Waals surface area contributed by atoms with Gasteiger partial charge in [-0.25, -0.2) is 8.42 Å². The van der Waals surface area contributed by atoms with Crippen LogP contribution in [0.3, 0.4) is 0 Å². The van der Waals surface area contributed by atoms with E-state index in [1.807, 2.05) is 0 Å². The highest BCUT2D eigenvalue weighted by Gasteiger charge is 2.12. The maximum Gasteiger partial charge on any atom is 0.261 e. The van der Waals surface area contributed by atoms with Crippen LogP contribution < -0.4 is 0 Å². The number of halogens is 1. The Kier molecular flexibility index (Phi) is 2.55. The van der Waals surface area contributed by atoms with Gasteiger partial charge >= 0.3 is 0 Å². The van der Waals surface area contributed by atoms with Gasteiger partial charge in [-0.3, -0.25) is 0 Å². The fraction of sp³-hybridized carbons (Fsp3) is 0. The maximum absolute atomic E-state index is 10.9. The van der Waals surface area contributed by atoms with Crippen LogP contribution in [-0.4, -0.2) is 8.42 Å². The molecular formula is C8H6ClO2S. The van der Waals surface area contributed by atoms with E-state index < -0.39 is 9.05 Å². The Labute approximate surface area is 75.9 Å². The summed E-state index contributed by atoms with van der Waals surface area (Å²) in [6.45, 7) is 5.20. The zero-order valence-corrected chi connectivity index (χ0v) is 7.64. The largest absolute Gasteiger partial charge is 0.261 e. The smallest absolute Gasteiger partial charge is 0.207 e. The molecule has 12 heavy (non-hydrogen) atoms. The number of rotatable bonds is 2. The van der Waals surface area contributed by atoms with E-state index in [9.17, 15) is 8.42 Å². The molecule has 1 rings (SSSR count). The third-order valence-electron chi connectivity index (χ3n) is 1.36. The van der Waals surface area contributed by atoms with Gasteiger partial charge in [0.05, 0.1) is 4.90 Å². The summed E-state index contributed by atoms with van der Waals surface area (Å²) in [6, 6.07) is 6.25. The van der Waals surface area contributed by atoms with Crippen LogP contribution in [0.25, 0.3) is 6.08 Å². The molecule has 0 spiro atoms. The molecule has 0 aliphatic heterocycles.